The summed E-state index contributed by atoms with van der Waals surface area (Å²) in [6, 6.07) is 3.82. The van der Waals surface area contributed by atoms with Gasteiger partial charge in [-0.15, -0.1) is 0 Å². The highest BCUT2D eigenvalue weighted by Gasteiger charge is 2.36. The molecule has 2 unspecified atom stereocenters. The Morgan fingerprint density at radius 3 is 2.70 bits per heavy atom. The molecule has 112 valence electrons. The van der Waals surface area contributed by atoms with Gasteiger partial charge in [0.2, 0.25) is 0 Å². The summed E-state index contributed by atoms with van der Waals surface area (Å²) in [7, 11) is 0. The SMILES string of the molecule is Cc1ccc(CC2CN(C(=O)OC(C)(C)C)CC2O)o1. The van der Waals surface area contributed by atoms with Crippen molar-refractivity contribution in [3.63, 3.8) is 0 Å². The molecule has 2 rings (SSSR count). The number of β-amino-alcohol motifs (C(OH)–C–C–N with tert-alkyl or cyclic N) is 1. The summed E-state index contributed by atoms with van der Waals surface area (Å²) in [4.78, 5) is 13.5. The summed E-state index contributed by atoms with van der Waals surface area (Å²) in [5.41, 5.74) is -0.516. The highest BCUT2D eigenvalue weighted by atomic mass is 16.6. The van der Waals surface area contributed by atoms with Gasteiger partial charge in [-0.05, 0) is 39.8 Å². The minimum Gasteiger partial charge on any atom is -0.466 e. The van der Waals surface area contributed by atoms with Gasteiger partial charge in [0.25, 0.3) is 0 Å². The van der Waals surface area contributed by atoms with E-state index in [4.69, 9.17) is 9.15 Å². The molecule has 0 bridgehead atoms. The molecule has 20 heavy (non-hydrogen) atoms. The number of nitrogens with zero attached hydrogens (tertiary/aromatic N) is 1. The predicted octanol–water partition coefficient (Wildman–Crippen LogP) is 2.36. The van der Waals surface area contributed by atoms with Gasteiger partial charge < -0.3 is 19.2 Å². The first-order chi connectivity index (χ1) is 9.24. The molecule has 1 N–H and O–H groups in total. The number of aliphatic hydroxyl groups excluding tert-OH is 1. The molecule has 2 heterocycles. The average Bonchev–Trinajstić information content (AvgIpc) is 2.85. The third-order valence-electron chi connectivity index (χ3n) is 3.32. The second kappa shape index (κ2) is 5.48. The lowest BCUT2D eigenvalue weighted by Gasteiger charge is -2.24. The number of ether oxygens (including phenoxy) is 1. The Balaban J connectivity index is 1.93. The molecule has 2 atom stereocenters. The summed E-state index contributed by atoms with van der Waals surface area (Å²) in [6.45, 7) is 8.21. The maximum Gasteiger partial charge on any atom is 0.410 e. The van der Waals surface area contributed by atoms with Crippen LogP contribution < -0.4 is 0 Å². The van der Waals surface area contributed by atoms with Crippen molar-refractivity contribution >= 4 is 6.09 Å². The van der Waals surface area contributed by atoms with Crippen LogP contribution in [0.1, 0.15) is 32.3 Å². The maximum absolute atomic E-state index is 12.0. The number of rotatable bonds is 2. The fourth-order valence-corrected chi connectivity index (χ4v) is 2.38. The summed E-state index contributed by atoms with van der Waals surface area (Å²) in [6.07, 6.45) is -0.267. The number of carbonyl (C=O) groups excluding carboxylic acids is 1. The topological polar surface area (TPSA) is 62.9 Å². The third-order valence-corrected chi connectivity index (χ3v) is 3.32. The lowest BCUT2D eigenvalue weighted by molar-refractivity contribution is 0.0269. The van der Waals surface area contributed by atoms with E-state index >= 15 is 0 Å². The predicted molar refractivity (Wildman–Crippen MR) is 74.5 cm³/mol. The minimum atomic E-state index is -0.534. The van der Waals surface area contributed by atoms with Gasteiger partial charge in [-0.3, -0.25) is 0 Å². The van der Waals surface area contributed by atoms with E-state index in [1.165, 1.54) is 0 Å². The summed E-state index contributed by atoms with van der Waals surface area (Å²) in [5.74, 6) is 1.70. The Kier molecular flexibility index (Phi) is 4.09. The minimum absolute atomic E-state index is 0.00642. The second-order valence-corrected chi connectivity index (χ2v) is 6.43. The van der Waals surface area contributed by atoms with Gasteiger partial charge in [-0.1, -0.05) is 0 Å². The Labute approximate surface area is 119 Å². The van der Waals surface area contributed by atoms with Crippen molar-refractivity contribution in [2.75, 3.05) is 13.1 Å². The first kappa shape index (κ1) is 14.9. The van der Waals surface area contributed by atoms with Crippen molar-refractivity contribution in [1.82, 2.24) is 4.90 Å². The van der Waals surface area contributed by atoms with E-state index in [2.05, 4.69) is 0 Å². The molecular weight excluding hydrogens is 258 g/mol. The summed E-state index contributed by atoms with van der Waals surface area (Å²) < 4.78 is 10.8. The zero-order valence-electron chi connectivity index (χ0n) is 12.5. The van der Waals surface area contributed by atoms with Crippen molar-refractivity contribution in [1.29, 1.82) is 0 Å². The van der Waals surface area contributed by atoms with Crippen LogP contribution in [0.4, 0.5) is 4.79 Å². The van der Waals surface area contributed by atoms with Gasteiger partial charge in [0.05, 0.1) is 12.6 Å². The van der Waals surface area contributed by atoms with Crippen LogP contribution in [0.2, 0.25) is 0 Å². The molecule has 1 aliphatic rings. The molecule has 0 spiro atoms. The van der Waals surface area contributed by atoms with Crippen molar-refractivity contribution in [2.24, 2.45) is 5.92 Å². The largest absolute Gasteiger partial charge is 0.466 e. The lowest BCUT2D eigenvalue weighted by Crippen LogP contribution is -2.35. The molecule has 0 aliphatic carbocycles. The quantitative estimate of drug-likeness (QED) is 0.904. The van der Waals surface area contributed by atoms with Crippen LogP contribution in [-0.2, 0) is 11.2 Å². The van der Waals surface area contributed by atoms with Gasteiger partial charge in [0.1, 0.15) is 17.1 Å². The number of aliphatic hydroxyl groups is 1. The van der Waals surface area contributed by atoms with Crippen molar-refractivity contribution in [3.05, 3.63) is 23.7 Å². The molecule has 1 fully saturated rings. The number of amides is 1. The fourth-order valence-electron chi connectivity index (χ4n) is 2.38. The molecular formula is C15H23NO4. The highest BCUT2D eigenvalue weighted by Crippen LogP contribution is 2.24. The van der Waals surface area contributed by atoms with E-state index < -0.39 is 11.7 Å². The second-order valence-electron chi connectivity index (χ2n) is 6.43. The smallest absolute Gasteiger partial charge is 0.410 e. The Hall–Kier alpha value is -1.49. The molecule has 0 radical (unpaired) electrons. The van der Waals surface area contributed by atoms with Crippen LogP contribution in [0.5, 0.6) is 0 Å². The first-order valence-corrected chi connectivity index (χ1v) is 6.96. The average molecular weight is 281 g/mol. The molecule has 5 heteroatoms. The molecule has 1 aliphatic heterocycles. The van der Waals surface area contributed by atoms with E-state index in [0.29, 0.717) is 19.5 Å². The molecule has 1 amide bonds. The fraction of sp³-hybridized carbons (Fsp3) is 0.667. The summed E-state index contributed by atoms with van der Waals surface area (Å²) >= 11 is 0. The van der Waals surface area contributed by atoms with Gasteiger partial charge in [0.15, 0.2) is 0 Å². The van der Waals surface area contributed by atoms with E-state index in [0.717, 1.165) is 11.5 Å². The molecule has 0 saturated carbocycles. The van der Waals surface area contributed by atoms with Gasteiger partial charge in [-0.2, -0.15) is 0 Å². The van der Waals surface area contributed by atoms with Gasteiger partial charge >= 0.3 is 6.09 Å². The van der Waals surface area contributed by atoms with Crippen molar-refractivity contribution < 1.29 is 19.1 Å². The number of hydrogen-bond donors (Lipinski definition) is 1. The third kappa shape index (κ3) is 3.76. The standard InChI is InChI=1S/C15H23NO4/c1-10-5-6-12(19-10)7-11-8-16(9-13(11)17)14(18)20-15(2,3)4/h5-6,11,13,17H,7-9H2,1-4H3. The zero-order chi connectivity index (χ0) is 14.9. The van der Waals surface area contributed by atoms with Crippen LogP contribution in [0, 0.1) is 12.8 Å². The Bertz CT molecular complexity index is 474. The van der Waals surface area contributed by atoms with Crippen LogP contribution in [0.3, 0.4) is 0 Å². The highest BCUT2D eigenvalue weighted by molar-refractivity contribution is 5.68. The van der Waals surface area contributed by atoms with E-state index in [-0.39, 0.29) is 12.0 Å². The number of carbonyl (C=O) groups is 1. The Morgan fingerprint density at radius 2 is 2.15 bits per heavy atom. The monoisotopic (exact) mass is 281 g/mol. The van der Waals surface area contributed by atoms with Crippen molar-refractivity contribution in [2.45, 2.75) is 45.8 Å². The van der Waals surface area contributed by atoms with Crippen molar-refractivity contribution in [3.8, 4) is 0 Å². The van der Waals surface area contributed by atoms with E-state index in [9.17, 15) is 9.90 Å². The molecule has 1 aromatic rings. The van der Waals surface area contributed by atoms with E-state index in [1.54, 1.807) is 4.90 Å². The molecule has 0 aromatic carbocycles. The van der Waals surface area contributed by atoms with Gasteiger partial charge in [0, 0.05) is 18.9 Å². The van der Waals surface area contributed by atoms with Crippen LogP contribution >= 0.6 is 0 Å². The van der Waals surface area contributed by atoms with Crippen LogP contribution in [0.25, 0.3) is 0 Å². The Morgan fingerprint density at radius 1 is 1.45 bits per heavy atom. The molecule has 1 saturated heterocycles. The number of likely N-dealkylation sites (tertiary alicyclic amines) is 1. The van der Waals surface area contributed by atoms with E-state index in [1.807, 2.05) is 39.8 Å². The maximum atomic E-state index is 12.0. The summed E-state index contributed by atoms with van der Waals surface area (Å²) in [5, 5.41) is 10.1. The zero-order valence-corrected chi connectivity index (χ0v) is 12.5. The number of aryl methyl sites for hydroxylation is 1. The number of hydrogen-bond acceptors (Lipinski definition) is 4. The van der Waals surface area contributed by atoms with Crippen LogP contribution in [-0.4, -0.2) is 40.9 Å². The molecule has 1 aromatic heterocycles. The normalized spacial score (nSPS) is 23.1. The number of furan rings is 1. The van der Waals surface area contributed by atoms with Crippen LogP contribution in [0.15, 0.2) is 16.5 Å². The first-order valence-electron chi connectivity index (χ1n) is 6.96. The van der Waals surface area contributed by atoms with Gasteiger partial charge in [-0.25, -0.2) is 4.79 Å². The lowest BCUT2D eigenvalue weighted by atomic mass is 10.0. The molecule has 5 nitrogen and oxygen atoms in total.